The number of nitrogens with zero attached hydrogens (tertiary/aromatic N) is 1. The molecule has 0 atom stereocenters. The molecular formula is C15H24N2O3S. The first kappa shape index (κ1) is 16.3. The average Bonchev–Trinajstić information content (AvgIpc) is 2.45. The lowest BCUT2D eigenvalue weighted by Crippen LogP contribution is -2.37. The predicted octanol–water partition coefficient (Wildman–Crippen LogP) is 1.96. The van der Waals surface area contributed by atoms with Gasteiger partial charge in [0.15, 0.2) is 0 Å². The van der Waals surface area contributed by atoms with Gasteiger partial charge in [0, 0.05) is 19.6 Å². The highest BCUT2D eigenvalue weighted by Gasteiger charge is 2.30. The Hall–Kier alpha value is -1.11. The van der Waals surface area contributed by atoms with Crippen LogP contribution >= 0.6 is 0 Å². The summed E-state index contributed by atoms with van der Waals surface area (Å²) >= 11 is 0. The maximum atomic E-state index is 12.9. The minimum absolute atomic E-state index is 0.217. The fraction of sp³-hybridized carbons (Fsp3) is 0.600. The second-order valence-electron chi connectivity index (χ2n) is 5.44. The van der Waals surface area contributed by atoms with Gasteiger partial charge in [-0.1, -0.05) is 19.4 Å². The zero-order valence-electron chi connectivity index (χ0n) is 12.7. The van der Waals surface area contributed by atoms with Crippen LogP contribution in [0.5, 0.6) is 5.75 Å². The lowest BCUT2D eigenvalue weighted by atomic mass is 9.85. The molecule has 0 heterocycles. The van der Waals surface area contributed by atoms with E-state index in [-0.39, 0.29) is 4.90 Å². The van der Waals surface area contributed by atoms with Gasteiger partial charge in [0.2, 0.25) is 10.0 Å². The van der Waals surface area contributed by atoms with E-state index in [2.05, 4.69) is 0 Å². The van der Waals surface area contributed by atoms with Gasteiger partial charge in [-0.05, 0) is 36.5 Å². The Balaban J connectivity index is 2.35. The molecule has 118 valence electrons. The highest BCUT2D eigenvalue weighted by Crippen LogP contribution is 2.32. The molecule has 0 unspecified atom stereocenters. The molecule has 21 heavy (non-hydrogen) atoms. The van der Waals surface area contributed by atoms with Gasteiger partial charge >= 0.3 is 0 Å². The summed E-state index contributed by atoms with van der Waals surface area (Å²) in [5, 5.41) is 0. The van der Waals surface area contributed by atoms with E-state index in [4.69, 9.17) is 10.5 Å². The van der Waals surface area contributed by atoms with Crippen molar-refractivity contribution in [2.45, 2.75) is 37.6 Å². The summed E-state index contributed by atoms with van der Waals surface area (Å²) in [5.74, 6) is 0.864. The molecule has 2 N–H and O–H groups in total. The maximum absolute atomic E-state index is 12.9. The number of rotatable bonds is 7. The van der Waals surface area contributed by atoms with Crippen molar-refractivity contribution < 1.29 is 13.2 Å². The van der Waals surface area contributed by atoms with Crippen molar-refractivity contribution in [1.82, 2.24) is 4.31 Å². The van der Waals surface area contributed by atoms with Crippen molar-refractivity contribution in [2.75, 3.05) is 20.2 Å². The summed E-state index contributed by atoms with van der Waals surface area (Å²) in [6, 6.07) is 5.09. The summed E-state index contributed by atoms with van der Waals surface area (Å²) in [4.78, 5) is 0.217. The van der Waals surface area contributed by atoms with Crippen LogP contribution in [-0.2, 0) is 16.6 Å². The number of benzene rings is 1. The topological polar surface area (TPSA) is 72.6 Å². The van der Waals surface area contributed by atoms with Crippen LogP contribution in [0.2, 0.25) is 0 Å². The van der Waals surface area contributed by atoms with Crippen LogP contribution in [0, 0.1) is 5.92 Å². The average molecular weight is 312 g/mol. The van der Waals surface area contributed by atoms with Gasteiger partial charge in [0.05, 0.1) is 7.11 Å². The van der Waals surface area contributed by atoms with Gasteiger partial charge in [-0.3, -0.25) is 0 Å². The van der Waals surface area contributed by atoms with Gasteiger partial charge in [-0.2, -0.15) is 4.31 Å². The highest BCUT2D eigenvalue weighted by atomic mass is 32.2. The van der Waals surface area contributed by atoms with Crippen LogP contribution in [0.15, 0.2) is 23.1 Å². The molecule has 0 saturated heterocycles. The first-order valence-electron chi connectivity index (χ1n) is 7.40. The third kappa shape index (κ3) is 3.39. The Bertz CT molecular complexity index is 583. The monoisotopic (exact) mass is 312 g/mol. The summed E-state index contributed by atoms with van der Waals surface area (Å²) in [6.07, 6.45) is 3.44. The Morgan fingerprint density at radius 3 is 2.57 bits per heavy atom. The van der Waals surface area contributed by atoms with Crippen molar-refractivity contribution in [3.05, 3.63) is 23.8 Å². The van der Waals surface area contributed by atoms with Crippen LogP contribution in [-0.4, -0.2) is 32.9 Å². The fourth-order valence-corrected chi connectivity index (χ4v) is 4.28. The molecule has 2 rings (SSSR count). The predicted molar refractivity (Wildman–Crippen MR) is 82.7 cm³/mol. The van der Waals surface area contributed by atoms with Crippen LogP contribution in [0.4, 0.5) is 0 Å². The smallest absolute Gasteiger partial charge is 0.246 e. The van der Waals surface area contributed by atoms with Crippen molar-refractivity contribution in [1.29, 1.82) is 0 Å². The molecule has 0 bridgehead atoms. The second kappa shape index (κ2) is 6.77. The third-order valence-electron chi connectivity index (χ3n) is 4.12. The molecule has 0 aromatic heterocycles. The number of ether oxygens (including phenoxy) is 1. The van der Waals surface area contributed by atoms with Crippen molar-refractivity contribution in [3.63, 3.8) is 0 Å². The molecule has 1 fully saturated rings. The van der Waals surface area contributed by atoms with E-state index < -0.39 is 10.0 Å². The molecule has 6 heteroatoms. The number of hydrogen-bond donors (Lipinski definition) is 1. The Morgan fingerprint density at radius 1 is 1.38 bits per heavy atom. The minimum atomic E-state index is -3.54. The molecule has 1 aliphatic rings. The van der Waals surface area contributed by atoms with Gasteiger partial charge in [-0.25, -0.2) is 8.42 Å². The highest BCUT2D eigenvalue weighted by molar-refractivity contribution is 7.89. The summed E-state index contributed by atoms with van der Waals surface area (Å²) in [6.45, 7) is 3.24. The van der Waals surface area contributed by atoms with Gasteiger partial charge in [0.25, 0.3) is 0 Å². The standard InChI is InChI=1S/C15H24N2O3S/c1-3-17(11-12-5-4-6-12)21(18,19)15-9-13(10-16)7-8-14(15)20-2/h7-9,12H,3-6,10-11,16H2,1-2H3. The quantitative estimate of drug-likeness (QED) is 0.835. The molecule has 1 aromatic carbocycles. The molecule has 1 aliphatic carbocycles. The molecule has 0 radical (unpaired) electrons. The molecule has 0 amide bonds. The van der Waals surface area contributed by atoms with Crippen molar-refractivity contribution in [3.8, 4) is 5.75 Å². The van der Waals surface area contributed by atoms with E-state index >= 15 is 0 Å². The molecule has 5 nitrogen and oxygen atoms in total. The van der Waals surface area contributed by atoms with Crippen LogP contribution in [0.25, 0.3) is 0 Å². The second-order valence-corrected chi connectivity index (χ2v) is 7.35. The largest absolute Gasteiger partial charge is 0.495 e. The summed E-state index contributed by atoms with van der Waals surface area (Å²) < 4.78 is 32.6. The fourth-order valence-electron chi connectivity index (χ4n) is 2.55. The van der Waals surface area contributed by atoms with E-state index in [0.29, 0.717) is 31.3 Å². The van der Waals surface area contributed by atoms with E-state index in [9.17, 15) is 8.42 Å². The van der Waals surface area contributed by atoms with Gasteiger partial charge < -0.3 is 10.5 Å². The number of nitrogens with two attached hydrogens (primary N) is 1. The molecule has 1 aromatic rings. The number of hydrogen-bond acceptors (Lipinski definition) is 4. The molecule has 0 spiro atoms. The SMILES string of the molecule is CCN(CC1CCC1)S(=O)(=O)c1cc(CN)ccc1OC. The van der Waals surface area contributed by atoms with Crippen LogP contribution in [0.3, 0.4) is 0 Å². The van der Waals surface area contributed by atoms with E-state index in [1.165, 1.54) is 13.5 Å². The Kier molecular flexibility index (Phi) is 5.24. The minimum Gasteiger partial charge on any atom is -0.495 e. The summed E-state index contributed by atoms with van der Waals surface area (Å²) in [5.41, 5.74) is 6.41. The molecule has 0 aliphatic heterocycles. The summed E-state index contributed by atoms with van der Waals surface area (Å²) in [7, 11) is -2.06. The van der Waals surface area contributed by atoms with E-state index in [1.807, 2.05) is 6.92 Å². The number of methoxy groups -OCH3 is 1. The zero-order valence-corrected chi connectivity index (χ0v) is 13.5. The lowest BCUT2D eigenvalue weighted by molar-refractivity contribution is 0.249. The zero-order chi connectivity index (χ0) is 15.5. The molecule has 1 saturated carbocycles. The van der Waals surface area contributed by atoms with Crippen molar-refractivity contribution >= 4 is 10.0 Å². The van der Waals surface area contributed by atoms with Crippen LogP contribution < -0.4 is 10.5 Å². The maximum Gasteiger partial charge on any atom is 0.246 e. The first-order valence-corrected chi connectivity index (χ1v) is 8.84. The van der Waals surface area contributed by atoms with Crippen LogP contribution in [0.1, 0.15) is 31.7 Å². The Labute approximate surface area is 127 Å². The third-order valence-corrected chi connectivity index (χ3v) is 6.08. The van der Waals surface area contributed by atoms with Gasteiger partial charge in [0.1, 0.15) is 10.6 Å². The molecular weight excluding hydrogens is 288 g/mol. The normalized spacial score (nSPS) is 16.0. The van der Waals surface area contributed by atoms with E-state index in [1.54, 1.807) is 22.5 Å². The lowest BCUT2D eigenvalue weighted by Gasteiger charge is -2.31. The van der Waals surface area contributed by atoms with Crippen molar-refractivity contribution in [2.24, 2.45) is 11.7 Å². The first-order chi connectivity index (χ1) is 10.0. The Morgan fingerprint density at radius 2 is 2.10 bits per heavy atom. The van der Waals surface area contributed by atoms with Gasteiger partial charge in [-0.15, -0.1) is 0 Å². The van der Waals surface area contributed by atoms with E-state index in [0.717, 1.165) is 18.4 Å². The number of sulfonamides is 1.